The largest absolute Gasteiger partial charge is 0.379 e. The second kappa shape index (κ2) is 10.2. The van der Waals surface area contributed by atoms with Crippen molar-refractivity contribution >= 4 is 34.2 Å². The second-order valence-electron chi connectivity index (χ2n) is 8.55. The number of ether oxygens (including phenoxy) is 1. The third-order valence-corrected chi connectivity index (χ3v) is 7.04. The van der Waals surface area contributed by atoms with Crippen LogP contribution in [0.3, 0.4) is 0 Å². The van der Waals surface area contributed by atoms with Crippen LogP contribution in [0.2, 0.25) is 0 Å². The van der Waals surface area contributed by atoms with Crippen molar-refractivity contribution in [2.24, 2.45) is 0 Å². The molecule has 4 rings (SSSR count). The molecule has 1 aromatic carbocycles. The van der Waals surface area contributed by atoms with E-state index in [0.29, 0.717) is 23.4 Å². The summed E-state index contributed by atoms with van der Waals surface area (Å²) in [6, 6.07) is 10.3. The number of thiocarbonyl (C=S) groups is 1. The van der Waals surface area contributed by atoms with E-state index in [9.17, 15) is 0 Å². The number of nitrogens with zero attached hydrogens (tertiary/aromatic N) is 3. The Morgan fingerprint density at radius 1 is 1.21 bits per heavy atom. The summed E-state index contributed by atoms with van der Waals surface area (Å²) in [5.74, 6) is 1.11. The fourth-order valence-corrected chi connectivity index (χ4v) is 4.90. The zero-order valence-electron chi connectivity index (χ0n) is 19.7. The van der Waals surface area contributed by atoms with E-state index in [0.717, 1.165) is 34.7 Å². The molecule has 1 aliphatic heterocycles. The molecule has 6 nitrogen and oxygen atoms in total. The highest BCUT2D eigenvalue weighted by molar-refractivity contribution is 7.80. The fourth-order valence-electron chi connectivity index (χ4n) is 3.90. The molecule has 2 aromatic heterocycles. The van der Waals surface area contributed by atoms with Gasteiger partial charge in [0.2, 0.25) is 5.82 Å². The Hall–Kier alpha value is -2.55. The fraction of sp³-hybridized carbons (Fsp3) is 0.400. The third-order valence-electron chi connectivity index (χ3n) is 5.84. The van der Waals surface area contributed by atoms with Crippen molar-refractivity contribution < 1.29 is 9.26 Å². The topological polar surface area (TPSA) is 63.4 Å². The van der Waals surface area contributed by atoms with Crippen molar-refractivity contribution in [2.75, 3.05) is 13.2 Å². The number of thiophene rings is 1. The van der Waals surface area contributed by atoms with E-state index in [1.54, 1.807) is 11.3 Å². The van der Waals surface area contributed by atoms with Crippen LogP contribution in [0.4, 0.5) is 0 Å². The second-order valence-corrected chi connectivity index (χ2v) is 9.88. The Labute approximate surface area is 204 Å². The lowest BCUT2D eigenvalue weighted by Gasteiger charge is -2.37. The zero-order chi connectivity index (χ0) is 23.5. The Morgan fingerprint density at radius 3 is 2.73 bits per heavy atom. The standard InChI is InChI=1S/C25H30N4O2S2/c1-15(2)30-12-7-11-29-18(5)21(24-27-23(28-31-24)20-8-6-13-33-20)22(26-25(29)32)19-10-9-16(3)17(4)14-19/h6,8-10,13-15,22H,7,11-12H2,1-5H3,(H,26,32). The van der Waals surface area contributed by atoms with Crippen LogP contribution in [-0.4, -0.2) is 39.4 Å². The van der Waals surface area contributed by atoms with Crippen LogP contribution in [0.15, 0.2) is 45.9 Å². The average molecular weight is 483 g/mol. The first-order valence-electron chi connectivity index (χ1n) is 11.2. The first kappa shape index (κ1) is 23.6. The van der Waals surface area contributed by atoms with Crippen molar-refractivity contribution in [3.8, 4) is 10.7 Å². The van der Waals surface area contributed by atoms with Crippen LogP contribution in [0.1, 0.15) is 55.8 Å². The maximum absolute atomic E-state index is 5.80. The number of benzene rings is 1. The highest BCUT2D eigenvalue weighted by atomic mass is 32.1. The van der Waals surface area contributed by atoms with Gasteiger partial charge in [-0.05, 0) is 81.4 Å². The van der Waals surface area contributed by atoms with Gasteiger partial charge in [0.15, 0.2) is 5.11 Å². The highest BCUT2D eigenvalue weighted by Gasteiger charge is 2.34. The summed E-state index contributed by atoms with van der Waals surface area (Å²) in [6.45, 7) is 11.8. The van der Waals surface area contributed by atoms with Crippen LogP contribution >= 0.6 is 23.6 Å². The summed E-state index contributed by atoms with van der Waals surface area (Å²) in [6.07, 6.45) is 1.08. The summed E-state index contributed by atoms with van der Waals surface area (Å²) in [5, 5.41) is 10.5. The molecule has 1 unspecified atom stereocenters. The summed E-state index contributed by atoms with van der Waals surface area (Å²) in [5.41, 5.74) is 5.58. The summed E-state index contributed by atoms with van der Waals surface area (Å²) < 4.78 is 11.5. The summed E-state index contributed by atoms with van der Waals surface area (Å²) in [4.78, 5) is 7.85. The molecule has 0 radical (unpaired) electrons. The molecule has 1 aliphatic rings. The van der Waals surface area contributed by atoms with Crippen molar-refractivity contribution in [2.45, 2.75) is 53.2 Å². The minimum Gasteiger partial charge on any atom is -0.379 e. The molecular formula is C25H30N4O2S2. The number of rotatable bonds is 8. The monoisotopic (exact) mass is 482 g/mol. The van der Waals surface area contributed by atoms with Gasteiger partial charge in [-0.2, -0.15) is 4.98 Å². The maximum atomic E-state index is 5.80. The molecule has 1 N–H and O–H groups in total. The molecule has 0 saturated carbocycles. The SMILES string of the molecule is CC1=C(c2nc(-c3cccs3)no2)C(c2ccc(C)c(C)c2)NC(=S)N1CCCOC(C)C. The van der Waals surface area contributed by atoms with Gasteiger partial charge < -0.3 is 19.5 Å². The van der Waals surface area contributed by atoms with Gasteiger partial charge in [0, 0.05) is 18.8 Å². The number of hydrogen-bond donors (Lipinski definition) is 1. The van der Waals surface area contributed by atoms with E-state index in [1.165, 1.54) is 11.1 Å². The number of aromatic nitrogens is 2. The first-order chi connectivity index (χ1) is 15.8. The molecule has 0 fully saturated rings. The number of nitrogens with one attached hydrogen (secondary N) is 1. The molecule has 33 heavy (non-hydrogen) atoms. The zero-order valence-corrected chi connectivity index (χ0v) is 21.3. The van der Waals surface area contributed by atoms with Gasteiger partial charge in [0.05, 0.1) is 22.6 Å². The van der Waals surface area contributed by atoms with Gasteiger partial charge in [0.25, 0.3) is 5.89 Å². The van der Waals surface area contributed by atoms with Crippen LogP contribution in [-0.2, 0) is 4.74 Å². The number of aryl methyl sites for hydroxylation is 2. The maximum Gasteiger partial charge on any atom is 0.258 e. The Balaban J connectivity index is 1.72. The molecule has 0 bridgehead atoms. The van der Waals surface area contributed by atoms with Gasteiger partial charge in [-0.25, -0.2) is 0 Å². The number of hydrogen-bond acceptors (Lipinski definition) is 6. The molecule has 0 saturated heterocycles. The normalized spacial score (nSPS) is 16.6. The molecule has 8 heteroatoms. The van der Waals surface area contributed by atoms with Gasteiger partial charge in [-0.15, -0.1) is 11.3 Å². The van der Waals surface area contributed by atoms with Gasteiger partial charge >= 0.3 is 0 Å². The number of allylic oxidation sites excluding steroid dienone is 1. The minimum absolute atomic E-state index is 0.170. The molecule has 0 spiro atoms. The van der Waals surface area contributed by atoms with E-state index in [1.807, 2.05) is 31.4 Å². The quantitative estimate of drug-likeness (QED) is 0.317. The van der Waals surface area contributed by atoms with E-state index >= 15 is 0 Å². The molecule has 0 amide bonds. The Morgan fingerprint density at radius 2 is 2.03 bits per heavy atom. The van der Waals surface area contributed by atoms with Gasteiger partial charge in [0.1, 0.15) is 0 Å². The van der Waals surface area contributed by atoms with Crippen molar-refractivity contribution in [3.05, 3.63) is 64.0 Å². The molecular weight excluding hydrogens is 452 g/mol. The van der Waals surface area contributed by atoms with Crippen molar-refractivity contribution in [1.82, 2.24) is 20.4 Å². The van der Waals surface area contributed by atoms with Crippen LogP contribution in [0, 0.1) is 13.8 Å². The minimum atomic E-state index is -0.170. The van der Waals surface area contributed by atoms with Crippen molar-refractivity contribution in [3.63, 3.8) is 0 Å². The van der Waals surface area contributed by atoms with E-state index in [2.05, 4.69) is 54.3 Å². The van der Waals surface area contributed by atoms with E-state index < -0.39 is 0 Å². The predicted octanol–water partition coefficient (Wildman–Crippen LogP) is 5.89. The summed E-state index contributed by atoms with van der Waals surface area (Å²) in [7, 11) is 0. The Bertz CT molecular complexity index is 1150. The first-order valence-corrected chi connectivity index (χ1v) is 12.5. The molecule has 0 aliphatic carbocycles. The van der Waals surface area contributed by atoms with E-state index in [4.69, 9.17) is 26.5 Å². The van der Waals surface area contributed by atoms with Crippen LogP contribution < -0.4 is 5.32 Å². The van der Waals surface area contributed by atoms with Gasteiger partial charge in [-0.1, -0.05) is 29.4 Å². The van der Waals surface area contributed by atoms with Crippen LogP contribution in [0.5, 0.6) is 0 Å². The lowest BCUT2D eigenvalue weighted by atomic mass is 9.92. The third kappa shape index (κ3) is 5.18. The Kier molecular flexibility index (Phi) is 7.26. The molecule has 174 valence electrons. The predicted molar refractivity (Wildman–Crippen MR) is 137 cm³/mol. The lowest BCUT2D eigenvalue weighted by molar-refractivity contribution is 0.0749. The molecule has 1 atom stereocenters. The molecule has 3 heterocycles. The van der Waals surface area contributed by atoms with Crippen LogP contribution in [0.25, 0.3) is 16.3 Å². The van der Waals surface area contributed by atoms with Crippen molar-refractivity contribution in [1.29, 1.82) is 0 Å². The average Bonchev–Trinajstić information content (AvgIpc) is 3.46. The van der Waals surface area contributed by atoms with Gasteiger partial charge in [-0.3, -0.25) is 0 Å². The summed E-state index contributed by atoms with van der Waals surface area (Å²) >= 11 is 7.38. The van der Waals surface area contributed by atoms with E-state index in [-0.39, 0.29) is 12.1 Å². The molecule has 3 aromatic rings. The lowest BCUT2D eigenvalue weighted by Crippen LogP contribution is -2.46. The smallest absolute Gasteiger partial charge is 0.258 e. The highest BCUT2D eigenvalue weighted by Crippen LogP contribution is 2.38.